The van der Waals surface area contributed by atoms with Crippen LogP contribution in [-0.2, 0) is 15.1 Å². The van der Waals surface area contributed by atoms with Gasteiger partial charge >= 0.3 is 25.2 Å². The monoisotopic (exact) mass is 125 g/mol. The second-order valence-electron chi connectivity index (χ2n) is 0. The zero-order chi connectivity index (χ0) is 4.00. The molecule has 0 spiro atoms. The molecule has 0 N–H and O–H groups in total. The normalized spacial score (nSPS) is 2.75. The molecule has 0 nitrogen and oxygen atoms in total. The second kappa shape index (κ2) is 76.4. The third-order valence-corrected chi connectivity index (χ3v) is 0. The Kier molecular flexibility index (Phi) is 168. The van der Waals surface area contributed by atoms with Gasteiger partial charge in [-0.25, -0.2) is 0 Å². The maximum atomic E-state index is 4.25. The van der Waals surface area contributed by atoms with Gasteiger partial charge in [-0.2, -0.15) is 0 Å². The molecule has 0 aliphatic carbocycles. The number of halogens is 1. The van der Waals surface area contributed by atoms with Gasteiger partial charge in [0, 0.05) is 0 Å². The molecule has 0 aromatic rings. The fourth-order valence-corrected chi connectivity index (χ4v) is 0. The summed E-state index contributed by atoms with van der Waals surface area (Å²) < 4.78 is 0. The summed E-state index contributed by atoms with van der Waals surface area (Å²) in [6.45, 7) is 7.00. The molecule has 4 heavy (non-hydrogen) atoms. The van der Waals surface area contributed by atoms with Crippen molar-refractivity contribution in [1.82, 2.24) is 0 Å². The Morgan fingerprint density at radius 1 is 1.50 bits per heavy atom. The van der Waals surface area contributed by atoms with E-state index in [1.165, 1.54) is 0 Å². The van der Waals surface area contributed by atoms with Crippen molar-refractivity contribution >= 4 is 10.1 Å². The number of hydrogen-bond acceptors (Lipinski definition) is 0. The SMILES string of the molecule is [CH-]=C.[Cl][Cu+]. The molecule has 29 valence electrons. The van der Waals surface area contributed by atoms with Crippen LogP contribution in [0.15, 0.2) is 6.58 Å². The van der Waals surface area contributed by atoms with Gasteiger partial charge in [-0.15, -0.1) is 0 Å². The van der Waals surface area contributed by atoms with E-state index in [1.807, 2.05) is 0 Å². The molecule has 0 amide bonds. The van der Waals surface area contributed by atoms with E-state index in [1.54, 1.807) is 0 Å². The van der Waals surface area contributed by atoms with Crippen molar-refractivity contribution in [2.24, 2.45) is 0 Å². The van der Waals surface area contributed by atoms with Crippen LogP contribution in [0, 0.1) is 6.58 Å². The first kappa shape index (κ1) is 8.82. The zero-order valence-electron chi connectivity index (χ0n) is 1.96. The fraction of sp³-hybridized carbons (Fsp3) is 0. The molecule has 0 heterocycles. The quantitative estimate of drug-likeness (QED) is 0.339. The molecule has 0 unspecified atom stereocenters. The summed E-state index contributed by atoms with van der Waals surface area (Å²) in [4.78, 5) is 0. The van der Waals surface area contributed by atoms with Crippen LogP contribution in [0.5, 0.6) is 0 Å². The molecular weight excluding hydrogens is 123 g/mol. The predicted octanol–water partition coefficient (Wildman–Crippen LogP) is 1.29. The van der Waals surface area contributed by atoms with Gasteiger partial charge in [-0.3, -0.25) is 6.58 Å². The van der Waals surface area contributed by atoms with E-state index >= 15 is 0 Å². The molecule has 0 aromatic carbocycles. The first-order valence-corrected chi connectivity index (χ1v) is 1.82. The van der Waals surface area contributed by atoms with E-state index in [2.05, 4.69) is 38.4 Å². The van der Waals surface area contributed by atoms with Crippen molar-refractivity contribution in [3.63, 3.8) is 0 Å². The molecule has 0 aromatic heterocycles. The molecule has 0 saturated carbocycles. The van der Waals surface area contributed by atoms with Crippen molar-refractivity contribution in [2.75, 3.05) is 0 Å². The minimum atomic E-state index is 2.75. The molecule has 0 atom stereocenters. The van der Waals surface area contributed by atoms with Crippen molar-refractivity contribution in [3.8, 4) is 0 Å². The molecule has 0 aliphatic rings. The van der Waals surface area contributed by atoms with E-state index in [0.29, 0.717) is 0 Å². The fourth-order valence-electron chi connectivity index (χ4n) is 0. The Balaban J connectivity index is 0. The Morgan fingerprint density at radius 2 is 1.50 bits per heavy atom. The Bertz CT molecular complexity index is 6.00. The summed E-state index contributed by atoms with van der Waals surface area (Å²) in [5.41, 5.74) is 0. The van der Waals surface area contributed by atoms with Crippen LogP contribution in [0.25, 0.3) is 0 Å². The van der Waals surface area contributed by atoms with Crippen LogP contribution in [0.4, 0.5) is 0 Å². The molecule has 2 heteroatoms. The van der Waals surface area contributed by atoms with E-state index in [9.17, 15) is 0 Å². The topological polar surface area (TPSA) is 0 Å². The molecule has 0 radical (unpaired) electrons. The number of rotatable bonds is 0. The zero-order valence-corrected chi connectivity index (χ0v) is 3.66. The van der Waals surface area contributed by atoms with Gasteiger partial charge in [0.05, 0.1) is 0 Å². The van der Waals surface area contributed by atoms with Crippen LogP contribution in [0.1, 0.15) is 0 Å². The molecule has 0 saturated heterocycles. The van der Waals surface area contributed by atoms with Crippen LogP contribution in [0.3, 0.4) is 0 Å². The van der Waals surface area contributed by atoms with Crippen molar-refractivity contribution in [1.29, 1.82) is 0 Å². The average molecular weight is 126 g/mol. The van der Waals surface area contributed by atoms with Crippen molar-refractivity contribution < 1.29 is 15.1 Å². The van der Waals surface area contributed by atoms with Gasteiger partial charge in [0.15, 0.2) is 0 Å². The molecule has 0 fully saturated rings. The van der Waals surface area contributed by atoms with Crippen LogP contribution in [0.2, 0.25) is 0 Å². The maximum absolute atomic E-state index is 4.25. The summed E-state index contributed by atoms with van der Waals surface area (Å²) in [6, 6.07) is 0. The summed E-state index contributed by atoms with van der Waals surface area (Å²) in [7, 11) is 4.20. The summed E-state index contributed by atoms with van der Waals surface area (Å²) in [5.74, 6) is 0. The van der Waals surface area contributed by atoms with Gasteiger partial charge in [0.2, 0.25) is 0 Å². The molecule has 0 bridgehead atoms. The molecule has 0 aliphatic heterocycles. The van der Waals surface area contributed by atoms with Crippen molar-refractivity contribution in [3.05, 3.63) is 13.2 Å². The summed E-state index contributed by atoms with van der Waals surface area (Å²) in [6.07, 6.45) is 0. The summed E-state index contributed by atoms with van der Waals surface area (Å²) in [5, 5.41) is 0. The van der Waals surface area contributed by atoms with Gasteiger partial charge < -0.3 is 6.58 Å². The van der Waals surface area contributed by atoms with Crippen LogP contribution < -0.4 is 0 Å². The van der Waals surface area contributed by atoms with Gasteiger partial charge in [-0.05, 0) is 0 Å². The van der Waals surface area contributed by atoms with Crippen LogP contribution in [-0.4, -0.2) is 0 Å². The molecular formula is C2H3ClCu. The average Bonchev–Trinajstić information content (AvgIpc) is 1.50. The van der Waals surface area contributed by atoms with Gasteiger partial charge in [0.1, 0.15) is 0 Å². The van der Waals surface area contributed by atoms with Crippen LogP contribution >= 0.6 is 10.1 Å². The molecule has 0 rings (SSSR count). The van der Waals surface area contributed by atoms with E-state index in [-0.39, 0.29) is 0 Å². The Hall–Kier alpha value is 0.549. The third kappa shape index (κ3) is 20.3. The Labute approximate surface area is 38.9 Å². The third-order valence-electron chi connectivity index (χ3n) is 0. The standard InChI is InChI=1S/C2H3.ClH.Cu/c1-2;;/h1H,2H2;1H;/q-1;;+2/p-1. The second-order valence-corrected chi connectivity index (χ2v) is 0. The predicted molar refractivity (Wildman–Crippen MR) is 15.8 cm³/mol. The minimum absolute atomic E-state index is 2.75. The number of hydrogen-bond donors (Lipinski definition) is 0. The first-order chi connectivity index (χ1) is 2.00. The summed E-state index contributed by atoms with van der Waals surface area (Å²) >= 11 is 3.66. The first-order valence-electron chi connectivity index (χ1n) is 0.522. The van der Waals surface area contributed by atoms with Gasteiger partial charge in [0.25, 0.3) is 0 Å². The van der Waals surface area contributed by atoms with Gasteiger partial charge in [-0.1, -0.05) is 0 Å². The van der Waals surface area contributed by atoms with E-state index in [0.717, 1.165) is 0 Å². The van der Waals surface area contributed by atoms with E-state index < -0.39 is 0 Å². The van der Waals surface area contributed by atoms with Crippen molar-refractivity contribution in [2.45, 2.75) is 0 Å². The Morgan fingerprint density at radius 3 is 1.50 bits per heavy atom. The van der Waals surface area contributed by atoms with E-state index in [4.69, 9.17) is 0 Å².